The van der Waals surface area contributed by atoms with Gasteiger partial charge >= 0.3 is 0 Å². The Hall–Kier alpha value is -2.49. The number of fused-ring (bicyclic) bond motifs is 1. The molecule has 14 heteroatoms. The number of pyridine rings is 1. The highest BCUT2D eigenvalue weighted by atomic mass is 32.2. The van der Waals surface area contributed by atoms with Crippen LogP contribution in [0.25, 0.3) is 0 Å². The van der Waals surface area contributed by atoms with Crippen molar-refractivity contribution in [2.75, 3.05) is 51.3 Å². The zero-order valence-electron chi connectivity index (χ0n) is 24.5. The summed E-state index contributed by atoms with van der Waals surface area (Å²) in [5.41, 5.74) is 0.264. The molecule has 1 spiro atoms. The van der Waals surface area contributed by atoms with Gasteiger partial charge in [-0.15, -0.1) is 0 Å². The standard InChI is InChI=1S/C29H40N4O8S2/c1-20-17-32(2)27-13-26(16-31-28(27)41-20)43(37,38)33-10-8-29(9-11-33)14-21(18-40-29)30-15-22(34)19-39-23-4-3-5-25(12-23)42(35,36)24-6-7-24/h3-5,12-13,16,20-22,24,30,34H,6-11,14-15,17-19H2,1-2H3/t20-,21+,22-/m0/s1. The van der Waals surface area contributed by atoms with Crippen molar-refractivity contribution in [3.8, 4) is 11.6 Å². The van der Waals surface area contributed by atoms with Crippen LogP contribution in [0.1, 0.15) is 39.0 Å². The van der Waals surface area contributed by atoms with Gasteiger partial charge in [0.25, 0.3) is 0 Å². The quantitative estimate of drug-likeness (QED) is 0.392. The Morgan fingerprint density at radius 1 is 1.16 bits per heavy atom. The van der Waals surface area contributed by atoms with E-state index in [2.05, 4.69) is 10.3 Å². The number of sulfonamides is 1. The van der Waals surface area contributed by atoms with Crippen LogP contribution >= 0.6 is 0 Å². The third-order valence-corrected chi connectivity index (χ3v) is 12.8. The third kappa shape index (κ3) is 6.50. The topological polar surface area (TPSA) is 148 Å². The number of nitrogens with one attached hydrogen (secondary N) is 1. The monoisotopic (exact) mass is 636 g/mol. The van der Waals surface area contributed by atoms with Gasteiger partial charge in [-0.25, -0.2) is 21.8 Å². The average molecular weight is 637 g/mol. The highest BCUT2D eigenvalue weighted by Gasteiger charge is 2.45. The molecular weight excluding hydrogens is 596 g/mol. The van der Waals surface area contributed by atoms with Crippen LogP contribution in [-0.4, -0.2) is 107 Å². The van der Waals surface area contributed by atoms with E-state index in [4.69, 9.17) is 14.2 Å². The summed E-state index contributed by atoms with van der Waals surface area (Å²) in [5.74, 6) is 0.854. The molecule has 1 aromatic heterocycles. The van der Waals surface area contributed by atoms with E-state index in [9.17, 15) is 21.9 Å². The number of aliphatic hydroxyl groups is 1. The van der Waals surface area contributed by atoms with Gasteiger partial charge in [0, 0.05) is 32.7 Å². The van der Waals surface area contributed by atoms with Gasteiger partial charge in [0.05, 0.1) is 35.1 Å². The van der Waals surface area contributed by atoms with Crippen LogP contribution in [0.5, 0.6) is 11.6 Å². The molecule has 3 atom stereocenters. The molecule has 0 radical (unpaired) electrons. The Kier molecular flexibility index (Phi) is 8.37. The largest absolute Gasteiger partial charge is 0.491 e. The van der Waals surface area contributed by atoms with E-state index in [1.807, 2.05) is 18.9 Å². The number of hydrogen-bond donors (Lipinski definition) is 2. The maximum atomic E-state index is 13.5. The summed E-state index contributed by atoms with van der Waals surface area (Å²) in [6.45, 7) is 4.08. The Labute approximate surface area is 253 Å². The summed E-state index contributed by atoms with van der Waals surface area (Å²) >= 11 is 0. The lowest BCUT2D eigenvalue weighted by molar-refractivity contribution is -0.0312. The van der Waals surface area contributed by atoms with Crippen LogP contribution in [0.4, 0.5) is 5.69 Å². The Morgan fingerprint density at radius 3 is 2.67 bits per heavy atom. The lowest BCUT2D eigenvalue weighted by atomic mass is 9.88. The van der Waals surface area contributed by atoms with Crippen molar-refractivity contribution in [2.45, 2.75) is 77.9 Å². The van der Waals surface area contributed by atoms with Crippen molar-refractivity contribution >= 4 is 25.5 Å². The summed E-state index contributed by atoms with van der Waals surface area (Å²) in [6.07, 6.45) is 3.82. The molecule has 3 aliphatic heterocycles. The number of hydrogen-bond acceptors (Lipinski definition) is 11. The third-order valence-electron chi connectivity index (χ3n) is 8.72. The van der Waals surface area contributed by atoms with Crippen LogP contribution < -0.4 is 19.7 Å². The van der Waals surface area contributed by atoms with Crippen LogP contribution in [-0.2, 0) is 24.6 Å². The van der Waals surface area contributed by atoms with E-state index in [1.54, 1.807) is 24.3 Å². The number of piperidine rings is 1. The fourth-order valence-electron chi connectivity index (χ4n) is 6.11. The number of likely N-dealkylation sites (N-methyl/N-ethyl adjacent to an activating group) is 1. The van der Waals surface area contributed by atoms with Gasteiger partial charge in [0.1, 0.15) is 35.1 Å². The van der Waals surface area contributed by atoms with E-state index >= 15 is 0 Å². The molecule has 6 rings (SSSR count). The lowest BCUT2D eigenvalue weighted by Crippen LogP contribution is -2.47. The Morgan fingerprint density at radius 2 is 1.93 bits per heavy atom. The smallest absolute Gasteiger partial charge is 0.244 e. The second kappa shape index (κ2) is 11.8. The van der Waals surface area contributed by atoms with E-state index in [-0.39, 0.29) is 40.3 Å². The molecular formula is C29H40N4O8S2. The van der Waals surface area contributed by atoms with Gasteiger partial charge in [-0.05, 0) is 63.3 Å². The average Bonchev–Trinajstić information content (AvgIpc) is 3.78. The summed E-state index contributed by atoms with van der Waals surface area (Å²) in [4.78, 5) is 6.67. The molecule has 2 aromatic rings. The number of nitrogens with zero attached hydrogens (tertiary/aromatic N) is 3. The normalized spacial score (nSPS) is 24.9. The second-order valence-corrected chi connectivity index (χ2v) is 16.4. The lowest BCUT2D eigenvalue weighted by Gasteiger charge is -2.38. The van der Waals surface area contributed by atoms with Crippen molar-refractivity contribution in [2.24, 2.45) is 0 Å². The molecule has 0 amide bonds. The maximum Gasteiger partial charge on any atom is 0.244 e. The number of benzene rings is 1. The summed E-state index contributed by atoms with van der Waals surface area (Å²) in [6, 6.07) is 8.09. The molecule has 0 bridgehead atoms. The highest BCUT2D eigenvalue weighted by Crippen LogP contribution is 2.39. The molecule has 4 heterocycles. The molecule has 2 saturated heterocycles. The fraction of sp³-hybridized carbons (Fsp3) is 0.621. The minimum atomic E-state index is -3.72. The van der Waals surface area contributed by atoms with Crippen LogP contribution in [0, 0.1) is 0 Å². The molecule has 4 aliphatic rings. The van der Waals surface area contributed by atoms with Gasteiger partial charge in [-0.3, -0.25) is 0 Å². The van der Waals surface area contributed by atoms with Gasteiger partial charge in [-0.2, -0.15) is 4.31 Å². The van der Waals surface area contributed by atoms with Crippen molar-refractivity contribution in [3.05, 3.63) is 36.5 Å². The number of aromatic nitrogens is 1. The van der Waals surface area contributed by atoms with Gasteiger partial charge < -0.3 is 29.5 Å². The first-order valence-corrected chi connectivity index (χ1v) is 17.8. The van der Waals surface area contributed by atoms with Crippen LogP contribution in [0.2, 0.25) is 0 Å². The molecule has 0 unspecified atom stereocenters. The summed E-state index contributed by atoms with van der Waals surface area (Å²) < 4.78 is 71.1. The van der Waals surface area contributed by atoms with Crippen molar-refractivity contribution in [3.63, 3.8) is 0 Å². The zero-order chi connectivity index (χ0) is 30.4. The van der Waals surface area contributed by atoms with E-state index < -0.39 is 31.6 Å². The van der Waals surface area contributed by atoms with E-state index in [1.165, 1.54) is 16.6 Å². The first-order valence-electron chi connectivity index (χ1n) is 14.9. The minimum absolute atomic E-state index is 0.0178. The van der Waals surface area contributed by atoms with Crippen LogP contribution in [0.3, 0.4) is 0 Å². The molecule has 1 aliphatic carbocycles. The predicted octanol–water partition coefficient (Wildman–Crippen LogP) is 1.58. The maximum absolute atomic E-state index is 13.5. The number of aliphatic hydroxyl groups excluding tert-OH is 1. The molecule has 12 nitrogen and oxygen atoms in total. The van der Waals surface area contributed by atoms with Crippen molar-refractivity contribution in [1.29, 1.82) is 0 Å². The van der Waals surface area contributed by atoms with Gasteiger partial charge in [-0.1, -0.05) is 6.07 Å². The molecule has 1 aromatic carbocycles. The molecule has 1 saturated carbocycles. The Bertz CT molecular complexity index is 1540. The van der Waals surface area contributed by atoms with Gasteiger partial charge in [0.15, 0.2) is 9.84 Å². The number of rotatable bonds is 10. The van der Waals surface area contributed by atoms with Crippen molar-refractivity contribution in [1.82, 2.24) is 14.6 Å². The van der Waals surface area contributed by atoms with E-state index in [0.29, 0.717) is 69.2 Å². The van der Waals surface area contributed by atoms with Crippen LogP contribution in [0.15, 0.2) is 46.3 Å². The fourth-order valence-corrected chi connectivity index (χ4v) is 9.21. The summed E-state index contributed by atoms with van der Waals surface area (Å²) in [5, 5.41) is 13.6. The Balaban J connectivity index is 0.970. The number of ether oxygens (including phenoxy) is 3. The SMILES string of the molecule is C[C@H]1CN(C)c2cc(S(=O)(=O)N3CCC4(CC3)C[C@@H](NC[C@H](O)COc3cccc(S(=O)(=O)C5CC5)c3)CO4)cnc2O1. The van der Waals surface area contributed by atoms with E-state index in [0.717, 1.165) is 6.42 Å². The molecule has 43 heavy (non-hydrogen) atoms. The minimum Gasteiger partial charge on any atom is -0.491 e. The molecule has 3 fully saturated rings. The summed E-state index contributed by atoms with van der Waals surface area (Å²) in [7, 11) is -5.13. The number of anilines is 1. The first-order chi connectivity index (χ1) is 20.4. The van der Waals surface area contributed by atoms with Gasteiger partial charge in [0.2, 0.25) is 15.9 Å². The zero-order valence-corrected chi connectivity index (χ0v) is 26.1. The molecule has 2 N–H and O–H groups in total. The number of sulfone groups is 1. The predicted molar refractivity (Wildman–Crippen MR) is 159 cm³/mol. The highest BCUT2D eigenvalue weighted by molar-refractivity contribution is 7.92. The first kappa shape index (κ1) is 30.5. The second-order valence-electron chi connectivity index (χ2n) is 12.2. The molecule has 236 valence electrons. The van der Waals surface area contributed by atoms with Crippen molar-refractivity contribution < 1.29 is 36.2 Å².